The van der Waals surface area contributed by atoms with E-state index in [-0.39, 0.29) is 16.8 Å². The van der Waals surface area contributed by atoms with Crippen molar-refractivity contribution in [2.75, 3.05) is 7.11 Å². The second-order valence-electron chi connectivity index (χ2n) is 8.49. The molecule has 3 nitrogen and oxygen atoms in total. The van der Waals surface area contributed by atoms with Crippen LogP contribution in [-0.2, 0) is 15.6 Å². The van der Waals surface area contributed by atoms with Crippen LogP contribution in [0.2, 0.25) is 0 Å². The molecular formula is C23H28O3. The molecular weight excluding hydrogens is 324 g/mol. The predicted molar refractivity (Wildman–Crippen MR) is 104 cm³/mol. The molecule has 1 aliphatic rings. The number of hydrogen-bond acceptors (Lipinski definition) is 3. The topological polar surface area (TPSA) is 46.5 Å². The maximum absolute atomic E-state index is 11.6. The van der Waals surface area contributed by atoms with E-state index in [1.165, 1.54) is 18.2 Å². The zero-order valence-electron chi connectivity index (χ0n) is 16.5. The highest BCUT2D eigenvalue weighted by Crippen LogP contribution is 2.53. The normalized spacial score (nSPS) is 21.1. The van der Waals surface area contributed by atoms with Crippen LogP contribution in [0.25, 0.3) is 0 Å². The van der Waals surface area contributed by atoms with Crippen LogP contribution in [0.4, 0.5) is 0 Å². The van der Waals surface area contributed by atoms with Crippen LogP contribution in [0.3, 0.4) is 0 Å². The standard InChI is InChI=1S/C23H28O3/c1-14-22(2,3)18-12-11-17(13-19(18)23(14,4)5)20(24)15-7-9-16(10-8-15)21(25)26-6/h7-14,20,24H,1-6H3. The average Bonchev–Trinajstić information content (AvgIpc) is 2.78. The lowest BCUT2D eigenvalue weighted by Gasteiger charge is -2.32. The zero-order chi connectivity index (χ0) is 19.3. The number of ether oxygens (including phenoxy) is 1. The van der Waals surface area contributed by atoms with Crippen LogP contribution < -0.4 is 0 Å². The molecule has 0 radical (unpaired) electrons. The molecule has 3 rings (SSSR count). The fourth-order valence-electron chi connectivity index (χ4n) is 4.31. The van der Waals surface area contributed by atoms with Crippen molar-refractivity contribution in [2.45, 2.75) is 51.6 Å². The summed E-state index contributed by atoms with van der Waals surface area (Å²) < 4.78 is 4.72. The molecule has 0 bridgehead atoms. The average molecular weight is 352 g/mol. The summed E-state index contributed by atoms with van der Waals surface area (Å²) in [5, 5.41) is 10.9. The summed E-state index contributed by atoms with van der Waals surface area (Å²) in [5.41, 5.74) is 4.99. The number of benzene rings is 2. The lowest BCUT2D eigenvalue weighted by atomic mass is 9.71. The molecule has 2 aromatic carbocycles. The molecule has 2 aromatic rings. The van der Waals surface area contributed by atoms with E-state index in [1.54, 1.807) is 24.3 Å². The van der Waals surface area contributed by atoms with Gasteiger partial charge in [-0.05, 0) is 51.1 Å². The number of aliphatic hydroxyl groups excluding tert-OH is 1. The molecule has 2 unspecified atom stereocenters. The van der Waals surface area contributed by atoms with Crippen LogP contribution in [0.15, 0.2) is 42.5 Å². The maximum Gasteiger partial charge on any atom is 0.337 e. The Hall–Kier alpha value is -2.13. The molecule has 0 heterocycles. The van der Waals surface area contributed by atoms with Crippen molar-refractivity contribution < 1.29 is 14.6 Å². The van der Waals surface area contributed by atoms with Crippen molar-refractivity contribution in [1.29, 1.82) is 0 Å². The van der Waals surface area contributed by atoms with Gasteiger partial charge in [0.1, 0.15) is 6.10 Å². The van der Waals surface area contributed by atoms with Crippen molar-refractivity contribution in [1.82, 2.24) is 0 Å². The third kappa shape index (κ3) is 2.75. The van der Waals surface area contributed by atoms with Crippen LogP contribution in [0.5, 0.6) is 0 Å². The predicted octanol–water partition coefficient (Wildman–Crippen LogP) is 4.76. The lowest BCUT2D eigenvalue weighted by molar-refractivity contribution is 0.0600. The molecule has 1 N–H and O–H groups in total. The molecule has 0 spiro atoms. The van der Waals surface area contributed by atoms with Gasteiger partial charge in [0, 0.05) is 0 Å². The SMILES string of the molecule is COC(=O)c1ccc(C(O)c2ccc3c(c2)C(C)(C)C(C)C3(C)C)cc1. The van der Waals surface area contributed by atoms with Crippen molar-refractivity contribution in [3.63, 3.8) is 0 Å². The molecule has 0 aromatic heterocycles. The molecule has 1 aliphatic carbocycles. The molecule has 0 saturated heterocycles. The van der Waals surface area contributed by atoms with Crippen LogP contribution in [0, 0.1) is 5.92 Å². The van der Waals surface area contributed by atoms with Gasteiger partial charge in [0.2, 0.25) is 0 Å². The lowest BCUT2D eigenvalue weighted by Crippen LogP contribution is -2.30. The molecule has 0 amide bonds. The Balaban J connectivity index is 1.97. The van der Waals surface area contributed by atoms with E-state index in [4.69, 9.17) is 4.74 Å². The highest BCUT2D eigenvalue weighted by atomic mass is 16.5. The van der Waals surface area contributed by atoms with Crippen LogP contribution in [0.1, 0.15) is 73.3 Å². The summed E-state index contributed by atoms with van der Waals surface area (Å²) in [6, 6.07) is 13.3. The van der Waals surface area contributed by atoms with Crippen LogP contribution in [-0.4, -0.2) is 18.2 Å². The van der Waals surface area contributed by atoms with Gasteiger partial charge in [-0.1, -0.05) is 65.0 Å². The molecule has 26 heavy (non-hydrogen) atoms. The first-order chi connectivity index (χ1) is 12.1. The Labute approximate surface area is 156 Å². The van der Waals surface area contributed by atoms with Gasteiger partial charge in [0.05, 0.1) is 12.7 Å². The maximum atomic E-state index is 11.6. The van der Waals surface area contributed by atoms with Crippen molar-refractivity contribution in [3.8, 4) is 0 Å². The van der Waals surface area contributed by atoms with Crippen molar-refractivity contribution in [2.24, 2.45) is 5.92 Å². The highest BCUT2D eigenvalue weighted by molar-refractivity contribution is 5.89. The molecule has 2 atom stereocenters. The first-order valence-electron chi connectivity index (χ1n) is 9.12. The monoisotopic (exact) mass is 352 g/mol. The summed E-state index contributed by atoms with van der Waals surface area (Å²) in [4.78, 5) is 11.6. The summed E-state index contributed by atoms with van der Waals surface area (Å²) >= 11 is 0. The Morgan fingerprint density at radius 1 is 0.962 bits per heavy atom. The van der Waals surface area contributed by atoms with E-state index < -0.39 is 6.10 Å². The van der Waals surface area contributed by atoms with Gasteiger partial charge in [-0.15, -0.1) is 0 Å². The van der Waals surface area contributed by atoms with E-state index in [1.807, 2.05) is 6.07 Å². The van der Waals surface area contributed by atoms with Gasteiger partial charge in [0.25, 0.3) is 0 Å². The number of methoxy groups -OCH3 is 1. The van der Waals surface area contributed by atoms with Crippen molar-refractivity contribution in [3.05, 3.63) is 70.3 Å². The van der Waals surface area contributed by atoms with Gasteiger partial charge in [-0.25, -0.2) is 4.79 Å². The molecule has 0 aliphatic heterocycles. The van der Waals surface area contributed by atoms with Gasteiger partial charge < -0.3 is 9.84 Å². The number of esters is 1. The first-order valence-corrected chi connectivity index (χ1v) is 9.12. The minimum absolute atomic E-state index is 0.0588. The summed E-state index contributed by atoms with van der Waals surface area (Å²) in [7, 11) is 1.36. The van der Waals surface area contributed by atoms with E-state index in [0.29, 0.717) is 11.5 Å². The second kappa shape index (κ2) is 6.24. The van der Waals surface area contributed by atoms with E-state index in [9.17, 15) is 9.90 Å². The van der Waals surface area contributed by atoms with E-state index in [0.717, 1.165) is 11.1 Å². The number of fused-ring (bicyclic) bond motifs is 1. The number of aliphatic hydroxyl groups is 1. The molecule has 0 saturated carbocycles. The molecule has 0 fully saturated rings. The van der Waals surface area contributed by atoms with E-state index >= 15 is 0 Å². The Morgan fingerprint density at radius 2 is 1.50 bits per heavy atom. The van der Waals surface area contributed by atoms with Crippen LogP contribution >= 0.6 is 0 Å². The number of hydrogen-bond donors (Lipinski definition) is 1. The van der Waals surface area contributed by atoms with Gasteiger partial charge >= 0.3 is 5.97 Å². The third-order valence-electron chi connectivity index (χ3n) is 6.56. The highest BCUT2D eigenvalue weighted by Gasteiger charge is 2.48. The quantitative estimate of drug-likeness (QED) is 0.810. The Bertz CT molecular complexity index is 831. The number of carbonyl (C=O) groups is 1. The third-order valence-corrected chi connectivity index (χ3v) is 6.56. The Kier molecular flexibility index (Phi) is 4.48. The fraction of sp³-hybridized carbons (Fsp3) is 0.435. The fourth-order valence-corrected chi connectivity index (χ4v) is 4.31. The van der Waals surface area contributed by atoms with E-state index in [2.05, 4.69) is 46.8 Å². The van der Waals surface area contributed by atoms with Gasteiger partial charge in [-0.3, -0.25) is 0 Å². The van der Waals surface area contributed by atoms with Crippen molar-refractivity contribution >= 4 is 5.97 Å². The first kappa shape index (κ1) is 18.7. The smallest absolute Gasteiger partial charge is 0.337 e. The minimum Gasteiger partial charge on any atom is -0.465 e. The largest absolute Gasteiger partial charge is 0.465 e. The summed E-state index contributed by atoms with van der Waals surface area (Å²) in [5.74, 6) is 0.137. The molecule has 138 valence electrons. The minimum atomic E-state index is -0.721. The number of rotatable bonds is 3. The zero-order valence-corrected chi connectivity index (χ0v) is 16.5. The summed E-state index contributed by atoms with van der Waals surface area (Å²) in [6.07, 6.45) is -0.721. The molecule has 3 heteroatoms. The second-order valence-corrected chi connectivity index (χ2v) is 8.49. The summed E-state index contributed by atoms with van der Waals surface area (Å²) in [6.45, 7) is 11.5. The number of carbonyl (C=O) groups excluding carboxylic acids is 1. The Morgan fingerprint density at radius 3 is 2.08 bits per heavy atom. The van der Waals surface area contributed by atoms with Gasteiger partial charge in [0.15, 0.2) is 0 Å². The van der Waals surface area contributed by atoms with Gasteiger partial charge in [-0.2, -0.15) is 0 Å².